The Bertz CT molecular complexity index is 837. The normalized spacial score (nSPS) is 12.1. The average Bonchev–Trinajstić information content (AvgIpc) is 2.64. The lowest BCUT2D eigenvalue weighted by Gasteiger charge is -2.20. The Morgan fingerprint density at radius 3 is 1.81 bits per heavy atom. The molecule has 0 spiro atoms. The standard InChI is InChI=1S/C23H28O3S/c1-13-7-9-19(10-8-13)21(24)11-22(23(25)26)27-12-20-17(5)15(3)14(2)16(4)18(20)6/h7-10,22H,11-12H2,1-6H3,(H,25,26). The van der Waals surface area contributed by atoms with Gasteiger partial charge < -0.3 is 5.11 Å². The van der Waals surface area contributed by atoms with Gasteiger partial charge in [0, 0.05) is 17.7 Å². The number of carboxylic acids is 1. The van der Waals surface area contributed by atoms with Gasteiger partial charge in [0.25, 0.3) is 0 Å². The van der Waals surface area contributed by atoms with Crippen LogP contribution < -0.4 is 0 Å². The van der Waals surface area contributed by atoms with Crippen molar-refractivity contribution in [1.29, 1.82) is 0 Å². The maximum Gasteiger partial charge on any atom is 0.317 e. The molecule has 0 aromatic heterocycles. The van der Waals surface area contributed by atoms with Crippen LogP contribution in [0.1, 0.15) is 55.7 Å². The van der Waals surface area contributed by atoms with Gasteiger partial charge in [0.2, 0.25) is 0 Å². The molecule has 0 heterocycles. The molecule has 1 N–H and O–H groups in total. The van der Waals surface area contributed by atoms with E-state index in [4.69, 9.17) is 0 Å². The zero-order valence-corrected chi connectivity index (χ0v) is 17.8. The molecule has 0 saturated carbocycles. The SMILES string of the molecule is Cc1ccc(C(=O)CC(SCc2c(C)c(C)c(C)c(C)c2C)C(=O)O)cc1. The smallest absolute Gasteiger partial charge is 0.317 e. The molecular formula is C23H28O3S. The van der Waals surface area contributed by atoms with Gasteiger partial charge in [0.15, 0.2) is 5.78 Å². The first-order valence-electron chi connectivity index (χ1n) is 9.13. The van der Waals surface area contributed by atoms with Crippen molar-refractivity contribution in [3.05, 3.63) is 68.8 Å². The molecule has 3 nitrogen and oxygen atoms in total. The number of carboxylic acid groups (broad SMARTS) is 1. The number of carbonyl (C=O) groups excluding carboxylic acids is 1. The second kappa shape index (κ2) is 8.75. The molecule has 144 valence electrons. The van der Waals surface area contributed by atoms with Crippen molar-refractivity contribution in [1.82, 2.24) is 0 Å². The minimum Gasteiger partial charge on any atom is -0.480 e. The fourth-order valence-corrected chi connectivity index (χ4v) is 4.43. The highest BCUT2D eigenvalue weighted by Crippen LogP contribution is 2.31. The van der Waals surface area contributed by atoms with Gasteiger partial charge in [-0.15, -0.1) is 11.8 Å². The number of carbonyl (C=O) groups is 2. The number of rotatable bonds is 7. The molecule has 0 fully saturated rings. The number of ketones is 1. The van der Waals surface area contributed by atoms with Crippen LogP contribution in [-0.4, -0.2) is 22.1 Å². The van der Waals surface area contributed by atoms with Crippen LogP contribution in [0, 0.1) is 41.5 Å². The van der Waals surface area contributed by atoms with Crippen molar-refractivity contribution in [2.75, 3.05) is 0 Å². The fraction of sp³-hybridized carbons (Fsp3) is 0.391. The molecule has 0 aliphatic carbocycles. The third-order valence-corrected chi connectivity index (χ3v) is 6.83. The van der Waals surface area contributed by atoms with Gasteiger partial charge in [-0.2, -0.15) is 0 Å². The first-order valence-corrected chi connectivity index (χ1v) is 10.2. The van der Waals surface area contributed by atoms with Gasteiger partial charge in [-0.3, -0.25) is 9.59 Å². The Balaban J connectivity index is 2.17. The maximum atomic E-state index is 12.5. The van der Waals surface area contributed by atoms with Crippen LogP contribution in [0.25, 0.3) is 0 Å². The van der Waals surface area contributed by atoms with Crippen LogP contribution in [-0.2, 0) is 10.5 Å². The molecule has 27 heavy (non-hydrogen) atoms. The number of Topliss-reactive ketones (excluding diaryl/α,β-unsaturated/α-hetero) is 1. The lowest BCUT2D eigenvalue weighted by molar-refractivity contribution is -0.136. The number of aryl methyl sites for hydroxylation is 1. The Morgan fingerprint density at radius 2 is 1.33 bits per heavy atom. The quantitative estimate of drug-likeness (QED) is 0.641. The zero-order chi connectivity index (χ0) is 20.3. The molecule has 0 bridgehead atoms. The summed E-state index contributed by atoms with van der Waals surface area (Å²) in [4.78, 5) is 24.2. The summed E-state index contributed by atoms with van der Waals surface area (Å²) in [6.45, 7) is 12.5. The summed E-state index contributed by atoms with van der Waals surface area (Å²) in [5.74, 6) is -0.464. The van der Waals surface area contributed by atoms with Gasteiger partial charge in [0.1, 0.15) is 5.25 Å². The van der Waals surface area contributed by atoms with Crippen molar-refractivity contribution >= 4 is 23.5 Å². The number of aliphatic carboxylic acids is 1. The molecule has 2 aromatic carbocycles. The molecule has 0 radical (unpaired) electrons. The van der Waals surface area contributed by atoms with Crippen LogP contribution in [0.15, 0.2) is 24.3 Å². The van der Waals surface area contributed by atoms with E-state index in [9.17, 15) is 14.7 Å². The Labute approximate surface area is 166 Å². The van der Waals surface area contributed by atoms with Crippen molar-refractivity contribution in [3.63, 3.8) is 0 Å². The minimum absolute atomic E-state index is 0.00494. The molecule has 0 amide bonds. The van der Waals surface area contributed by atoms with Crippen LogP contribution in [0.3, 0.4) is 0 Å². The van der Waals surface area contributed by atoms with E-state index in [-0.39, 0.29) is 12.2 Å². The summed E-state index contributed by atoms with van der Waals surface area (Å²) >= 11 is 1.34. The summed E-state index contributed by atoms with van der Waals surface area (Å²) in [5, 5.41) is 8.86. The third kappa shape index (κ3) is 4.81. The Hall–Kier alpha value is -2.07. The number of hydrogen-bond donors (Lipinski definition) is 1. The molecule has 4 heteroatoms. The van der Waals surface area contributed by atoms with Gasteiger partial charge in [0.05, 0.1) is 0 Å². The van der Waals surface area contributed by atoms with Crippen molar-refractivity contribution in [3.8, 4) is 0 Å². The third-order valence-electron chi connectivity index (χ3n) is 5.60. The lowest BCUT2D eigenvalue weighted by atomic mass is 9.90. The van der Waals surface area contributed by atoms with E-state index in [0.717, 1.165) is 5.56 Å². The van der Waals surface area contributed by atoms with Gasteiger partial charge in [-0.1, -0.05) is 29.8 Å². The van der Waals surface area contributed by atoms with Crippen LogP contribution >= 0.6 is 11.8 Å². The summed E-state index contributed by atoms with van der Waals surface area (Å²) in [7, 11) is 0. The highest BCUT2D eigenvalue weighted by atomic mass is 32.2. The molecule has 1 atom stereocenters. The van der Waals surface area contributed by atoms with Crippen LogP contribution in [0.2, 0.25) is 0 Å². The summed E-state index contributed by atoms with van der Waals surface area (Å²) in [6.07, 6.45) is 0.00494. The molecule has 0 saturated heterocycles. The van der Waals surface area contributed by atoms with Crippen LogP contribution in [0.4, 0.5) is 0 Å². The summed E-state index contributed by atoms with van der Waals surface area (Å²) < 4.78 is 0. The topological polar surface area (TPSA) is 54.4 Å². The van der Waals surface area contributed by atoms with E-state index in [0.29, 0.717) is 11.3 Å². The molecule has 2 rings (SSSR count). The van der Waals surface area contributed by atoms with Gasteiger partial charge in [-0.05, 0) is 74.9 Å². The number of benzene rings is 2. The molecule has 1 unspecified atom stereocenters. The summed E-state index contributed by atoms with van der Waals surface area (Å²) in [6, 6.07) is 7.28. The maximum absolute atomic E-state index is 12.5. The van der Waals surface area contributed by atoms with Gasteiger partial charge >= 0.3 is 5.97 Å². The predicted molar refractivity (Wildman–Crippen MR) is 113 cm³/mol. The Morgan fingerprint density at radius 1 is 0.852 bits per heavy atom. The minimum atomic E-state index is -0.934. The fourth-order valence-electron chi connectivity index (χ4n) is 3.22. The predicted octanol–water partition coefficient (Wildman–Crippen LogP) is 5.50. The average molecular weight is 385 g/mol. The first kappa shape index (κ1) is 21.2. The number of thioether (sulfide) groups is 1. The largest absolute Gasteiger partial charge is 0.480 e. The monoisotopic (exact) mass is 384 g/mol. The highest BCUT2D eigenvalue weighted by molar-refractivity contribution is 7.99. The molecule has 0 aliphatic rings. The van der Waals surface area contributed by atoms with Crippen LogP contribution in [0.5, 0.6) is 0 Å². The van der Waals surface area contributed by atoms with E-state index in [1.165, 1.54) is 45.1 Å². The van der Waals surface area contributed by atoms with E-state index < -0.39 is 11.2 Å². The van der Waals surface area contributed by atoms with E-state index in [2.05, 4.69) is 34.6 Å². The lowest BCUT2D eigenvalue weighted by Crippen LogP contribution is -2.21. The van der Waals surface area contributed by atoms with Crippen molar-refractivity contribution in [2.45, 2.75) is 59.0 Å². The van der Waals surface area contributed by atoms with Crippen molar-refractivity contribution < 1.29 is 14.7 Å². The second-order valence-electron chi connectivity index (χ2n) is 7.23. The zero-order valence-electron chi connectivity index (χ0n) is 17.0. The second-order valence-corrected chi connectivity index (χ2v) is 8.43. The first-order chi connectivity index (χ1) is 12.6. The number of hydrogen-bond acceptors (Lipinski definition) is 3. The highest BCUT2D eigenvalue weighted by Gasteiger charge is 2.24. The van der Waals surface area contributed by atoms with E-state index in [1.54, 1.807) is 12.1 Å². The Kier molecular flexibility index (Phi) is 6.88. The van der Waals surface area contributed by atoms with E-state index >= 15 is 0 Å². The molecular weight excluding hydrogens is 356 g/mol. The molecule has 0 aliphatic heterocycles. The van der Waals surface area contributed by atoms with Crippen molar-refractivity contribution in [2.24, 2.45) is 0 Å². The van der Waals surface area contributed by atoms with Gasteiger partial charge in [-0.25, -0.2) is 0 Å². The summed E-state index contributed by atoms with van der Waals surface area (Å²) in [5.41, 5.74) is 9.09. The van der Waals surface area contributed by atoms with E-state index in [1.807, 2.05) is 19.1 Å². The molecule has 2 aromatic rings.